The first-order valence-electron chi connectivity index (χ1n) is 7.10. The van der Waals surface area contributed by atoms with Gasteiger partial charge in [0.15, 0.2) is 5.82 Å². The highest BCUT2D eigenvalue weighted by atomic mass is 35.5. The zero-order chi connectivity index (χ0) is 14.3. The lowest BCUT2D eigenvalue weighted by atomic mass is 9.99. The van der Waals surface area contributed by atoms with Crippen molar-refractivity contribution >= 4 is 23.4 Å². The molecule has 1 fully saturated rings. The first-order chi connectivity index (χ1) is 10.2. The van der Waals surface area contributed by atoms with Crippen LogP contribution in [0.25, 0.3) is 22.6 Å². The molecule has 7 heteroatoms. The molecule has 0 atom stereocenters. The van der Waals surface area contributed by atoms with Gasteiger partial charge in [0, 0.05) is 0 Å². The lowest BCUT2D eigenvalue weighted by Gasteiger charge is -2.17. The molecule has 0 saturated heterocycles. The van der Waals surface area contributed by atoms with E-state index in [1.54, 1.807) is 6.20 Å². The number of aromatic nitrogens is 4. The number of nitrogens with two attached hydrogens (primary N) is 1. The molecular weight excluding hydrogens is 302 g/mol. The summed E-state index contributed by atoms with van der Waals surface area (Å²) >= 11 is 0. The van der Waals surface area contributed by atoms with Gasteiger partial charge in [-0.1, -0.05) is 30.1 Å². The summed E-state index contributed by atoms with van der Waals surface area (Å²) in [5.41, 5.74) is 8.11. The normalized spacial score (nSPS) is 16.6. The van der Waals surface area contributed by atoms with Crippen LogP contribution in [0.3, 0.4) is 0 Å². The van der Waals surface area contributed by atoms with Crippen molar-refractivity contribution in [1.82, 2.24) is 20.1 Å². The van der Waals surface area contributed by atoms with Crippen LogP contribution in [-0.2, 0) is 5.54 Å². The molecule has 2 heterocycles. The summed E-state index contributed by atoms with van der Waals surface area (Å²) in [4.78, 5) is 13.3. The number of hydrogen-bond acceptors (Lipinski definition) is 6. The van der Waals surface area contributed by atoms with Crippen molar-refractivity contribution in [3.05, 3.63) is 36.3 Å². The second kappa shape index (κ2) is 5.62. The van der Waals surface area contributed by atoms with Crippen molar-refractivity contribution in [1.29, 1.82) is 0 Å². The van der Waals surface area contributed by atoms with Gasteiger partial charge in [0.1, 0.15) is 5.69 Å². The van der Waals surface area contributed by atoms with E-state index in [4.69, 9.17) is 10.3 Å². The highest BCUT2D eigenvalue weighted by Crippen LogP contribution is 2.35. The van der Waals surface area contributed by atoms with Crippen LogP contribution in [0, 0.1) is 0 Å². The summed E-state index contributed by atoms with van der Waals surface area (Å²) in [6.45, 7) is 0. The molecule has 22 heavy (non-hydrogen) atoms. The van der Waals surface area contributed by atoms with E-state index in [9.17, 15) is 0 Å². The summed E-state index contributed by atoms with van der Waals surface area (Å²) in [5.74, 6) is 0.949. The Hall–Kier alpha value is -2.05. The summed E-state index contributed by atoms with van der Waals surface area (Å²) in [5, 5.41) is 4.05. The zero-order valence-corrected chi connectivity index (χ0v) is 12.7. The van der Waals surface area contributed by atoms with Crippen LogP contribution in [0.4, 0.5) is 0 Å². The average Bonchev–Trinajstić information content (AvgIpc) is 3.17. The molecule has 3 aromatic rings. The topological polar surface area (TPSA) is 90.7 Å². The second-order valence-electron chi connectivity index (χ2n) is 5.53. The minimum Gasteiger partial charge on any atom is -0.332 e. The molecule has 0 spiro atoms. The molecule has 1 aromatic carbocycles. The van der Waals surface area contributed by atoms with Crippen molar-refractivity contribution in [3.8, 4) is 11.6 Å². The first-order valence-corrected chi connectivity index (χ1v) is 7.10. The fourth-order valence-corrected chi connectivity index (χ4v) is 2.82. The fourth-order valence-electron chi connectivity index (χ4n) is 2.82. The van der Waals surface area contributed by atoms with Crippen LogP contribution in [0.2, 0.25) is 0 Å². The van der Waals surface area contributed by atoms with Gasteiger partial charge in [-0.25, -0.2) is 4.98 Å². The number of fused-ring (bicyclic) bond motifs is 1. The third-order valence-corrected chi connectivity index (χ3v) is 4.03. The molecule has 4 rings (SSSR count). The van der Waals surface area contributed by atoms with Gasteiger partial charge in [0.25, 0.3) is 5.89 Å². The summed E-state index contributed by atoms with van der Waals surface area (Å²) in [6.07, 6.45) is 5.66. The average molecular weight is 318 g/mol. The number of benzene rings is 1. The molecule has 0 bridgehead atoms. The predicted molar refractivity (Wildman–Crippen MR) is 84.4 cm³/mol. The van der Waals surface area contributed by atoms with E-state index in [2.05, 4.69) is 20.1 Å². The highest BCUT2D eigenvalue weighted by molar-refractivity contribution is 5.85. The van der Waals surface area contributed by atoms with Crippen molar-refractivity contribution in [2.45, 2.75) is 31.2 Å². The van der Waals surface area contributed by atoms with E-state index in [0.29, 0.717) is 17.4 Å². The molecule has 6 nitrogen and oxygen atoms in total. The van der Waals surface area contributed by atoms with Crippen molar-refractivity contribution in [2.75, 3.05) is 0 Å². The maximum Gasteiger partial charge on any atom is 0.278 e. The molecule has 114 valence electrons. The Morgan fingerprint density at radius 2 is 1.77 bits per heavy atom. The second-order valence-corrected chi connectivity index (χ2v) is 5.53. The number of rotatable bonds is 2. The molecule has 1 aliphatic rings. The van der Waals surface area contributed by atoms with Gasteiger partial charge in [0.2, 0.25) is 0 Å². The lowest BCUT2D eigenvalue weighted by Crippen LogP contribution is -2.34. The van der Waals surface area contributed by atoms with Crippen LogP contribution in [0.1, 0.15) is 31.5 Å². The van der Waals surface area contributed by atoms with Crippen LogP contribution >= 0.6 is 12.4 Å². The summed E-state index contributed by atoms with van der Waals surface area (Å²) in [7, 11) is 0. The number of para-hydroxylation sites is 2. The van der Waals surface area contributed by atoms with Crippen molar-refractivity contribution in [3.63, 3.8) is 0 Å². The van der Waals surface area contributed by atoms with E-state index in [1.165, 1.54) is 0 Å². The molecule has 1 aliphatic carbocycles. The summed E-state index contributed by atoms with van der Waals surface area (Å²) in [6, 6.07) is 7.68. The zero-order valence-electron chi connectivity index (χ0n) is 11.9. The van der Waals surface area contributed by atoms with Gasteiger partial charge in [0.05, 0.1) is 22.8 Å². The lowest BCUT2D eigenvalue weighted by molar-refractivity contribution is 0.372. The molecule has 2 N–H and O–H groups in total. The van der Waals surface area contributed by atoms with Gasteiger partial charge < -0.3 is 10.3 Å². The van der Waals surface area contributed by atoms with Crippen molar-refractivity contribution in [2.24, 2.45) is 5.73 Å². The Kier molecular flexibility index (Phi) is 3.80. The minimum absolute atomic E-state index is 0. The van der Waals surface area contributed by atoms with Gasteiger partial charge in [-0.15, -0.1) is 12.4 Å². The first kappa shape index (κ1) is 14.9. The SMILES string of the molecule is Cl.NC1(c2noc(-c3cnc4ccccc4n3)n2)CCCC1. The van der Waals surface area contributed by atoms with Crippen LogP contribution in [0.5, 0.6) is 0 Å². The minimum atomic E-state index is -0.452. The van der Waals surface area contributed by atoms with Gasteiger partial charge in [-0.2, -0.15) is 4.98 Å². The molecule has 0 aliphatic heterocycles. The third-order valence-electron chi connectivity index (χ3n) is 4.03. The fraction of sp³-hybridized carbons (Fsp3) is 0.333. The van der Waals surface area contributed by atoms with Crippen LogP contribution in [-0.4, -0.2) is 20.1 Å². The molecule has 2 aromatic heterocycles. The van der Waals surface area contributed by atoms with Gasteiger partial charge in [-0.3, -0.25) is 4.98 Å². The van der Waals surface area contributed by atoms with E-state index in [1.807, 2.05) is 24.3 Å². The Morgan fingerprint density at radius 3 is 2.55 bits per heavy atom. The highest BCUT2D eigenvalue weighted by Gasteiger charge is 2.36. The largest absolute Gasteiger partial charge is 0.332 e. The Labute approximate surface area is 133 Å². The van der Waals surface area contributed by atoms with E-state index in [-0.39, 0.29) is 12.4 Å². The summed E-state index contributed by atoms with van der Waals surface area (Å²) < 4.78 is 5.33. The molecule has 0 radical (unpaired) electrons. The van der Waals surface area contributed by atoms with E-state index in [0.717, 1.165) is 36.7 Å². The maximum absolute atomic E-state index is 6.34. The molecule has 0 amide bonds. The number of halogens is 1. The maximum atomic E-state index is 6.34. The third kappa shape index (κ3) is 2.44. The van der Waals surface area contributed by atoms with Crippen LogP contribution in [0.15, 0.2) is 35.0 Å². The molecular formula is C15H16ClN5O. The monoisotopic (exact) mass is 317 g/mol. The van der Waals surface area contributed by atoms with Gasteiger partial charge >= 0.3 is 0 Å². The standard InChI is InChI=1S/C15H15N5O.ClH/c16-15(7-3-4-8-15)14-19-13(21-20-14)12-9-17-10-5-1-2-6-11(10)18-12;/h1-2,5-6,9H,3-4,7-8,16H2;1H. The van der Waals surface area contributed by atoms with E-state index >= 15 is 0 Å². The predicted octanol–water partition coefficient (Wildman–Crippen LogP) is 2.83. The van der Waals surface area contributed by atoms with E-state index < -0.39 is 5.54 Å². The smallest absolute Gasteiger partial charge is 0.278 e. The Balaban J connectivity index is 0.00000144. The number of hydrogen-bond donors (Lipinski definition) is 1. The van der Waals surface area contributed by atoms with Crippen LogP contribution < -0.4 is 5.73 Å². The van der Waals surface area contributed by atoms with Gasteiger partial charge in [-0.05, 0) is 25.0 Å². The Morgan fingerprint density at radius 1 is 1.05 bits per heavy atom. The molecule has 0 unspecified atom stereocenters. The quantitative estimate of drug-likeness (QED) is 0.781. The van der Waals surface area contributed by atoms with Crippen molar-refractivity contribution < 1.29 is 4.52 Å². The number of nitrogens with zero attached hydrogens (tertiary/aromatic N) is 4. The molecule has 1 saturated carbocycles. The Bertz CT molecular complexity index is 797.